The first kappa shape index (κ1) is 37.3. The summed E-state index contributed by atoms with van der Waals surface area (Å²) in [5.74, 6) is 1.74. The van der Waals surface area contributed by atoms with E-state index in [4.69, 9.17) is 0 Å². The second-order valence-corrected chi connectivity index (χ2v) is 18.6. The molecule has 0 radical (unpaired) electrons. The van der Waals surface area contributed by atoms with Crippen LogP contribution in [0.2, 0.25) is 0 Å². The van der Waals surface area contributed by atoms with Crippen LogP contribution in [-0.4, -0.2) is 0 Å². The summed E-state index contributed by atoms with van der Waals surface area (Å²) in [4.78, 5) is 2.58. The van der Waals surface area contributed by atoms with Crippen LogP contribution in [0.15, 0.2) is 212 Å². The molecule has 2 atom stereocenters. The Morgan fingerprint density at radius 1 is 0.375 bits per heavy atom. The SMILES string of the molecule is C1=C(c2cccc3cccc(C4CCCCC4)c23)C(N(c2ccc(-c3cccc4c3ccc3ccccc34)cc2)c2cccc(-c3cccc4c3ccc3ccccc34)c2)=C[C@@H]2CC12. The molecule has 13 rings (SSSR count). The lowest BCUT2D eigenvalue weighted by Crippen LogP contribution is -2.20. The Morgan fingerprint density at radius 3 is 1.67 bits per heavy atom. The van der Waals surface area contributed by atoms with Crippen LogP contribution >= 0.6 is 0 Å². The first-order chi connectivity index (χ1) is 31.7. The molecular formula is C63H49N. The van der Waals surface area contributed by atoms with Gasteiger partial charge >= 0.3 is 0 Å². The molecule has 306 valence electrons. The van der Waals surface area contributed by atoms with Crippen LogP contribution in [0.3, 0.4) is 0 Å². The Balaban J connectivity index is 0.987. The van der Waals surface area contributed by atoms with Gasteiger partial charge in [-0.05, 0) is 149 Å². The van der Waals surface area contributed by atoms with Crippen molar-refractivity contribution >= 4 is 70.8 Å². The third kappa shape index (κ3) is 6.28. The van der Waals surface area contributed by atoms with E-state index in [9.17, 15) is 0 Å². The highest BCUT2D eigenvalue weighted by molar-refractivity contribution is 6.13. The van der Waals surface area contributed by atoms with Crippen molar-refractivity contribution in [3.63, 3.8) is 0 Å². The Bertz CT molecular complexity index is 3520. The molecule has 0 spiro atoms. The van der Waals surface area contributed by atoms with Crippen molar-refractivity contribution in [3.8, 4) is 22.3 Å². The molecule has 2 fully saturated rings. The molecule has 1 heteroatoms. The lowest BCUT2D eigenvalue weighted by atomic mass is 9.80. The zero-order valence-electron chi connectivity index (χ0n) is 36.1. The monoisotopic (exact) mass is 819 g/mol. The summed E-state index contributed by atoms with van der Waals surface area (Å²) in [7, 11) is 0. The van der Waals surface area contributed by atoms with Gasteiger partial charge in [-0.3, -0.25) is 0 Å². The molecule has 2 saturated carbocycles. The number of hydrogen-bond acceptors (Lipinski definition) is 1. The van der Waals surface area contributed by atoms with Gasteiger partial charge in [0, 0.05) is 22.6 Å². The Kier molecular flexibility index (Phi) is 8.90. The van der Waals surface area contributed by atoms with E-state index in [1.165, 1.54) is 148 Å². The van der Waals surface area contributed by atoms with E-state index < -0.39 is 0 Å². The molecule has 10 aromatic rings. The first-order valence-electron chi connectivity index (χ1n) is 23.5. The van der Waals surface area contributed by atoms with Crippen LogP contribution in [0, 0.1) is 11.8 Å². The van der Waals surface area contributed by atoms with Crippen LogP contribution in [0.25, 0.3) is 81.7 Å². The summed E-state index contributed by atoms with van der Waals surface area (Å²) in [6.45, 7) is 0. The van der Waals surface area contributed by atoms with Crippen molar-refractivity contribution in [1.29, 1.82) is 0 Å². The van der Waals surface area contributed by atoms with Crippen molar-refractivity contribution in [3.05, 3.63) is 223 Å². The third-order valence-corrected chi connectivity index (χ3v) is 14.9. The van der Waals surface area contributed by atoms with E-state index in [-0.39, 0.29) is 0 Å². The van der Waals surface area contributed by atoms with E-state index >= 15 is 0 Å². The molecule has 1 unspecified atom stereocenters. The molecule has 10 aromatic carbocycles. The maximum atomic E-state index is 2.63. The quantitative estimate of drug-likeness (QED) is 0.145. The van der Waals surface area contributed by atoms with Crippen molar-refractivity contribution in [2.24, 2.45) is 11.8 Å². The Labute approximate surface area is 375 Å². The Hall–Kier alpha value is -7.22. The molecule has 3 aliphatic rings. The van der Waals surface area contributed by atoms with E-state index in [0.29, 0.717) is 17.8 Å². The van der Waals surface area contributed by atoms with Gasteiger partial charge in [0.2, 0.25) is 0 Å². The standard InChI is InChI=1S/C63H49N/c1-2-13-41(14-3-1)55-25-9-17-45-18-10-28-60(63(45)55)61-39-47-37-48(47)40-62(61)64(49-33-29-44(30-34-49)53-23-11-26-56-51-21-6-4-15-42(51)31-35-58(53)56)50-20-8-19-46(38-50)54-24-12-27-57-52-22-7-5-16-43(52)32-36-59(54)57/h4-12,15-36,38-41,47-48H,1-3,13-14,37H2/t47?,48-/m0/s1. The molecule has 64 heavy (non-hydrogen) atoms. The third-order valence-electron chi connectivity index (χ3n) is 14.9. The van der Waals surface area contributed by atoms with Gasteiger partial charge < -0.3 is 4.90 Å². The number of nitrogens with zero attached hydrogens (tertiary/aromatic N) is 1. The molecule has 0 aliphatic heterocycles. The van der Waals surface area contributed by atoms with Crippen LogP contribution in [0.4, 0.5) is 11.4 Å². The number of benzene rings is 10. The molecule has 0 aromatic heterocycles. The first-order valence-corrected chi connectivity index (χ1v) is 23.5. The van der Waals surface area contributed by atoms with Crippen molar-refractivity contribution < 1.29 is 0 Å². The maximum Gasteiger partial charge on any atom is 0.0500 e. The van der Waals surface area contributed by atoms with Crippen LogP contribution in [0.1, 0.15) is 55.6 Å². The topological polar surface area (TPSA) is 3.24 Å². The van der Waals surface area contributed by atoms with Gasteiger partial charge in [-0.15, -0.1) is 0 Å². The van der Waals surface area contributed by atoms with E-state index in [1.54, 1.807) is 0 Å². The molecular weight excluding hydrogens is 771 g/mol. The lowest BCUT2D eigenvalue weighted by molar-refractivity contribution is 0.445. The summed E-state index contributed by atoms with van der Waals surface area (Å²) in [6, 6.07) is 73.1. The summed E-state index contributed by atoms with van der Waals surface area (Å²) >= 11 is 0. The maximum absolute atomic E-state index is 2.63. The summed E-state index contributed by atoms with van der Waals surface area (Å²) in [5.41, 5.74) is 12.9. The number of rotatable bonds is 7. The normalized spacial score (nSPS) is 17.4. The van der Waals surface area contributed by atoms with E-state index in [2.05, 4.69) is 211 Å². The number of anilines is 2. The fourth-order valence-corrected chi connectivity index (χ4v) is 11.6. The second-order valence-electron chi connectivity index (χ2n) is 18.6. The van der Waals surface area contributed by atoms with Crippen molar-refractivity contribution in [2.75, 3.05) is 4.90 Å². The van der Waals surface area contributed by atoms with Gasteiger partial charge in [-0.2, -0.15) is 0 Å². The van der Waals surface area contributed by atoms with Crippen LogP contribution in [-0.2, 0) is 0 Å². The van der Waals surface area contributed by atoms with Gasteiger partial charge in [-0.1, -0.05) is 201 Å². The number of fused-ring (bicyclic) bond motifs is 8. The zero-order chi connectivity index (χ0) is 42.1. The largest absolute Gasteiger partial charge is 0.310 e. The minimum Gasteiger partial charge on any atom is -0.310 e. The number of allylic oxidation sites excluding steroid dienone is 3. The summed E-state index contributed by atoms with van der Waals surface area (Å²) in [6.07, 6.45) is 13.0. The summed E-state index contributed by atoms with van der Waals surface area (Å²) < 4.78 is 0. The van der Waals surface area contributed by atoms with E-state index in [0.717, 1.165) is 0 Å². The van der Waals surface area contributed by atoms with Gasteiger partial charge in [-0.25, -0.2) is 0 Å². The molecule has 1 nitrogen and oxygen atoms in total. The molecule has 3 aliphatic carbocycles. The fourth-order valence-electron chi connectivity index (χ4n) is 11.6. The van der Waals surface area contributed by atoms with Gasteiger partial charge in [0.15, 0.2) is 0 Å². The number of hydrogen-bond donors (Lipinski definition) is 0. The van der Waals surface area contributed by atoms with Crippen molar-refractivity contribution in [2.45, 2.75) is 44.4 Å². The highest BCUT2D eigenvalue weighted by Crippen LogP contribution is 2.53. The zero-order valence-corrected chi connectivity index (χ0v) is 36.1. The lowest BCUT2D eigenvalue weighted by Gasteiger charge is -2.33. The van der Waals surface area contributed by atoms with Crippen molar-refractivity contribution in [1.82, 2.24) is 0 Å². The highest BCUT2D eigenvalue weighted by Gasteiger charge is 2.40. The molecule has 0 saturated heterocycles. The van der Waals surface area contributed by atoms with Crippen LogP contribution < -0.4 is 4.90 Å². The molecule has 0 bridgehead atoms. The summed E-state index contributed by atoms with van der Waals surface area (Å²) in [5, 5.41) is 13.1. The molecule has 0 N–H and O–H groups in total. The second kappa shape index (κ2) is 15.2. The predicted molar refractivity (Wildman–Crippen MR) is 273 cm³/mol. The Morgan fingerprint density at radius 2 is 0.953 bits per heavy atom. The van der Waals surface area contributed by atoms with E-state index in [1.807, 2.05) is 0 Å². The minimum atomic E-state index is 0.549. The average molecular weight is 820 g/mol. The van der Waals surface area contributed by atoms with Crippen LogP contribution in [0.5, 0.6) is 0 Å². The smallest absolute Gasteiger partial charge is 0.0500 e. The molecule has 0 amide bonds. The molecule has 0 heterocycles. The average Bonchev–Trinajstić information content (AvgIpc) is 4.14. The fraction of sp³-hybridized carbons (Fsp3) is 0.143. The van der Waals surface area contributed by atoms with Gasteiger partial charge in [0.1, 0.15) is 0 Å². The van der Waals surface area contributed by atoms with Gasteiger partial charge in [0.05, 0.1) is 0 Å². The predicted octanol–water partition coefficient (Wildman–Crippen LogP) is 17.6. The van der Waals surface area contributed by atoms with Gasteiger partial charge in [0.25, 0.3) is 0 Å². The minimum absolute atomic E-state index is 0.549. The highest BCUT2D eigenvalue weighted by atomic mass is 15.2.